The molecule has 4 heteroatoms. The Labute approximate surface area is 167 Å². The number of carbonyl (C=O) groups is 1. The van der Waals surface area contributed by atoms with Crippen LogP contribution < -0.4 is 0 Å². The second-order valence-electron chi connectivity index (χ2n) is 9.19. The third-order valence-electron chi connectivity index (χ3n) is 8.45. The van der Waals surface area contributed by atoms with Crippen molar-refractivity contribution in [2.24, 2.45) is 29.1 Å². The van der Waals surface area contributed by atoms with Crippen LogP contribution in [0.2, 0.25) is 0 Å². The quantitative estimate of drug-likeness (QED) is 0.418. The van der Waals surface area contributed by atoms with Crippen molar-refractivity contribution in [3.63, 3.8) is 0 Å². The van der Waals surface area contributed by atoms with Crippen LogP contribution in [0.3, 0.4) is 0 Å². The Morgan fingerprint density at radius 3 is 2.78 bits per heavy atom. The summed E-state index contributed by atoms with van der Waals surface area (Å²) >= 11 is 5.86. The van der Waals surface area contributed by atoms with Gasteiger partial charge in [-0.05, 0) is 99.0 Å². The van der Waals surface area contributed by atoms with Crippen molar-refractivity contribution in [3.8, 4) is 11.3 Å². The lowest BCUT2D eigenvalue weighted by molar-refractivity contribution is -0.170. The number of hydrogen-bond donors (Lipinski definition) is 1. The average molecular weight is 391 g/mol. The maximum atomic E-state index is 11.9. The molecule has 0 aromatic heterocycles. The minimum absolute atomic E-state index is 0.0723. The van der Waals surface area contributed by atoms with Gasteiger partial charge in [-0.2, -0.15) is 0 Å². The number of rotatable bonds is 2. The molecule has 0 aliphatic heterocycles. The van der Waals surface area contributed by atoms with Gasteiger partial charge in [-0.25, -0.2) is 0 Å². The molecule has 0 unspecified atom stereocenters. The van der Waals surface area contributed by atoms with Gasteiger partial charge in [-0.3, -0.25) is 4.79 Å². The molecule has 1 N–H and O–H groups in total. The van der Waals surface area contributed by atoms with Crippen molar-refractivity contribution in [2.45, 2.75) is 83.3 Å². The molecular weight excluding hydrogens is 360 g/mol. The molecule has 4 aliphatic rings. The third-order valence-corrected chi connectivity index (χ3v) is 8.54. The Kier molecular flexibility index (Phi) is 5.10. The maximum absolute atomic E-state index is 11.9. The number of aliphatic hydroxyl groups is 1. The van der Waals surface area contributed by atoms with E-state index in [2.05, 4.69) is 24.3 Å². The Balaban J connectivity index is 1.68. The van der Waals surface area contributed by atoms with Gasteiger partial charge in [0.2, 0.25) is 0 Å². The van der Waals surface area contributed by atoms with Gasteiger partial charge >= 0.3 is 5.97 Å². The largest absolute Gasteiger partial charge is 0.445 e. The Morgan fingerprint density at radius 1 is 1.26 bits per heavy atom. The molecule has 0 radical (unpaired) electrons. The summed E-state index contributed by atoms with van der Waals surface area (Å²) in [5.41, 5.74) is 0.713. The topological polar surface area (TPSA) is 46.5 Å². The molecule has 0 saturated heterocycles. The number of fused-ring (bicyclic) bond motifs is 5. The fourth-order valence-electron chi connectivity index (χ4n) is 7.54. The normalized spacial score (nSPS) is 45.5. The fraction of sp³-hybridized carbons (Fsp3) is 0.783. The van der Waals surface area contributed by atoms with Crippen LogP contribution in [0.1, 0.15) is 71.6 Å². The van der Waals surface area contributed by atoms with E-state index in [1.54, 1.807) is 0 Å². The second-order valence-corrected chi connectivity index (χ2v) is 9.38. The standard InChI is InChI=1S/C23H31ClO3/c1-3-22-10-8-19-18-7-5-17(26)14-16(18)4-6-20(19)21(22)9-11-23(22,12-13-24)27-15(2)25/h14,17-21,26H,3-11H2,1-2H3/t17-,18-,19+,20+,21-,22-,23+/m0/s1. The van der Waals surface area contributed by atoms with E-state index in [0.717, 1.165) is 44.9 Å². The summed E-state index contributed by atoms with van der Waals surface area (Å²) in [6.07, 6.45) is 11.3. The summed E-state index contributed by atoms with van der Waals surface area (Å²) < 4.78 is 5.96. The summed E-state index contributed by atoms with van der Waals surface area (Å²) in [7, 11) is 0. The fourth-order valence-corrected chi connectivity index (χ4v) is 7.69. The third kappa shape index (κ3) is 2.87. The first-order valence-corrected chi connectivity index (χ1v) is 11.0. The highest BCUT2D eigenvalue weighted by atomic mass is 35.5. The molecule has 0 aromatic carbocycles. The molecule has 4 rings (SSSR count). The molecule has 0 amide bonds. The SMILES string of the molecule is CC[C@]12CC[C@H]3[C@@H](CCC4=C[C@@H](O)CC[C@@H]43)[C@@H]1CC[C@]2(C#CCl)OC(C)=O. The predicted octanol–water partition coefficient (Wildman–Crippen LogP) is 4.81. The van der Waals surface area contributed by atoms with E-state index in [4.69, 9.17) is 16.3 Å². The van der Waals surface area contributed by atoms with E-state index in [9.17, 15) is 9.90 Å². The van der Waals surface area contributed by atoms with E-state index in [1.807, 2.05) is 0 Å². The van der Waals surface area contributed by atoms with Gasteiger partial charge in [0, 0.05) is 17.7 Å². The summed E-state index contributed by atoms with van der Waals surface area (Å²) in [5.74, 6) is 5.49. The molecule has 148 valence electrons. The van der Waals surface area contributed by atoms with Gasteiger partial charge in [0.25, 0.3) is 0 Å². The molecule has 0 bridgehead atoms. The first-order chi connectivity index (χ1) is 13.0. The number of hydrogen-bond acceptors (Lipinski definition) is 3. The molecule has 3 nitrogen and oxygen atoms in total. The number of aliphatic hydroxyl groups excluding tert-OH is 1. The van der Waals surface area contributed by atoms with E-state index in [1.165, 1.54) is 25.3 Å². The van der Waals surface area contributed by atoms with Crippen molar-refractivity contribution >= 4 is 17.6 Å². The van der Waals surface area contributed by atoms with Crippen LogP contribution in [-0.4, -0.2) is 22.8 Å². The van der Waals surface area contributed by atoms with Crippen LogP contribution in [0.5, 0.6) is 0 Å². The van der Waals surface area contributed by atoms with Gasteiger partial charge in [-0.1, -0.05) is 18.6 Å². The van der Waals surface area contributed by atoms with E-state index in [0.29, 0.717) is 23.7 Å². The number of halogens is 1. The number of carbonyl (C=O) groups excluding carboxylic acids is 1. The minimum Gasteiger partial charge on any atom is -0.445 e. The molecular formula is C23H31ClO3. The van der Waals surface area contributed by atoms with Gasteiger partial charge in [0.15, 0.2) is 5.60 Å². The molecule has 0 spiro atoms. The minimum atomic E-state index is -0.718. The molecule has 0 aromatic rings. The van der Waals surface area contributed by atoms with Crippen LogP contribution in [0, 0.1) is 40.4 Å². The van der Waals surface area contributed by atoms with Crippen molar-refractivity contribution in [1.29, 1.82) is 0 Å². The van der Waals surface area contributed by atoms with Crippen LogP contribution in [-0.2, 0) is 9.53 Å². The van der Waals surface area contributed by atoms with Crippen LogP contribution in [0.4, 0.5) is 0 Å². The maximum Gasteiger partial charge on any atom is 0.304 e. The summed E-state index contributed by atoms with van der Waals surface area (Å²) in [6.45, 7) is 3.73. The summed E-state index contributed by atoms with van der Waals surface area (Å²) in [5, 5.41) is 12.6. The van der Waals surface area contributed by atoms with E-state index >= 15 is 0 Å². The summed E-state index contributed by atoms with van der Waals surface area (Å²) in [6, 6.07) is 0. The molecule has 7 atom stereocenters. The van der Waals surface area contributed by atoms with Crippen molar-refractivity contribution in [1.82, 2.24) is 0 Å². The highest BCUT2D eigenvalue weighted by Crippen LogP contribution is 2.67. The first-order valence-electron chi connectivity index (χ1n) is 10.7. The van der Waals surface area contributed by atoms with E-state index < -0.39 is 5.60 Å². The lowest BCUT2D eigenvalue weighted by Crippen LogP contribution is -2.55. The zero-order chi connectivity index (χ0) is 19.2. The van der Waals surface area contributed by atoms with Crippen molar-refractivity contribution in [3.05, 3.63) is 11.6 Å². The lowest BCUT2D eigenvalue weighted by Gasteiger charge is -2.56. The Hall–Kier alpha value is -0.980. The zero-order valence-corrected chi connectivity index (χ0v) is 17.2. The smallest absolute Gasteiger partial charge is 0.304 e. The molecule has 27 heavy (non-hydrogen) atoms. The van der Waals surface area contributed by atoms with Crippen molar-refractivity contribution < 1.29 is 14.6 Å². The van der Waals surface area contributed by atoms with Crippen LogP contribution in [0.25, 0.3) is 0 Å². The zero-order valence-electron chi connectivity index (χ0n) is 16.5. The Morgan fingerprint density at radius 2 is 2.07 bits per heavy atom. The first kappa shape index (κ1) is 19.3. The van der Waals surface area contributed by atoms with Crippen LogP contribution >= 0.6 is 11.6 Å². The average Bonchev–Trinajstić information content (AvgIpc) is 2.95. The predicted molar refractivity (Wildman–Crippen MR) is 106 cm³/mol. The van der Waals surface area contributed by atoms with E-state index in [-0.39, 0.29) is 17.5 Å². The molecule has 3 fully saturated rings. The Bertz CT molecular complexity index is 704. The molecule has 0 heterocycles. The monoisotopic (exact) mass is 390 g/mol. The highest BCUT2D eigenvalue weighted by Gasteiger charge is 2.65. The second kappa shape index (κ2) is 7.12. The number of ether oxygens (including phenoxy) is 1. The highest BCUT2D eigenvalue weighted by molar-refractivity contribution is 6.30. The molecule has 4 aliphatic carbocycles. The number of allylic oxidation sites excluding steroid dienone is 1. The lowest BCUT2D eigenvalue weighted by atomic mass is 9.49. The van der Waals surface area contributed by atoms with Crippen LogP contribution in [0.15, 0.2) is 11.6 Å². The number of esters is 1. The van der Waals surface area contributed by atoms with Gasteiger partial charge in [0.05, 0.1) is 6.10 Å². The van der Waals surface area contributed by atoms with Gasteiger partial charge in [0.1, 0.15) is 0 Å². The van der Waals surface area contributed by atoms with Gasteiger partial charge < -0.3 is 9.84 Å². The van der Waals surface area contributed by atoms with Crippen molar-refractivity contribution in [2.75, 3.05) is 0 Å². The molecule has 3 saturated carbocycles. The van der Waals surface area contributed by atoms with Gasteiger partial charge in [-0.15, -0.1) is 0 Å². The summed E-state index contributed by atoms with van der Waals surface area (Å²) in [4.78, 5) is 11.9.